The summed E-state index contributed by atoms with van der Waals surface area (Å²) in [6.45, 7) is 0. The Morgan fingerprint density at radius 2 is 2.25 bits per heavy atom. The van der Waals surface area contributed by atoms with Gasteiger partial charge in [-0.05, 0) is 19.3 Å². The fourth-order valence-electron chi connectivity index (χ4n) is 0.677. The van der Waals surface area contributed by atoms with Crippen molar-refractivity contribution in [2.45, 2.75) is 25.3 Å². The second kappa shape index (κ2) is 2.64. The van der Waals surface area contributed by atoms with E-state index in [1.165, 1.54) is 19.3 Å². The van der Waals surface area contributed by atoms with Gasteiger partial charge in [0.2, 0.25) is 0 Å². The van der Waals surface area contributed by atoms with Crippen LogP contribution in [-0.2, 0) is 0 Å². The third-order valence-electron chi connectivity index (χ3n) is 1.45. The van der Waals surface area contributed by atoms with Crippen molar-refractivity contribution < 1.29 is 0 Å². The van der Waals surface area contributed by atoms with E-state index >= 15 is 0 Å². The topological polar surface area (TPSA) is 36.8 Å². The van der Waals surface area contributed by atoms with Crippen LogP contribution in [0.3, 0.4) is 0 Å². The van der Waals surface area contributed by atoms with Crippen LogP contribution >= 0.6 is 0 Å². The predicted octanol–water partition coefficient (Wildman–Crippen LogP) is 1.13. The third-order valence-corrected chi connectivity index (χ3v) is 1.45. The Kier molecular flexibility index (Phi) is 1.83. The molecule has 0 spiro atoms. The van der Waals surface area contributed by atoms with Gasteiger partial charge in [-0.25, -0.2) is 0 Å². The molecule has 1 fully saturated rings. The van der Waals surface area contributed by atoms with Crippen molar-refractivity contribution >= 4 is 0 Å². The van der Waals surface area contributed by atoms with Crippen molar-refractivity contribution in [2.24, 2.45) is 10.3 Å². The Bertz CT molecular complexity index is 85.7. The smallest absolute Gasteiger partial charge is 0.0509 e. The van der Waals surface area contributed by atoms with Gasteiger partial charge in [-0.2, -0.15) is 5.11 Å². The van der Waals surface area contributed by atoms with Crippen LogP contribution in [-0.4, -0.2) is 13.1 Å². The first kappa shape index (κ1) is 5.54. The summed E-state index contributed by atoms with van der Waals surface area (Å²) in [5.74, 6) is 0. The van der Waals surface area contributed by atoms with E-state index in [9.17, 15) is 0 Å². The third kappa shape index (κ3) is 1.18. The largest absolute Gasteiger partial charge is 0.289 e. The van der Waals surface area contributed by atoms with E-state index in [1.807, 2.05) is 0 Å². The minimum Gasteiger partial charge on any atom is -0.289 e. The Morgan fingerprint density at radius 1 is 1.50 bits per heavy atom. The molecule has 1 N–H and O–H groups in total. The molecule has 3 heteroatoms. The molecule has 0 aromatic rings. The van der Waals surface area contributed by atoms with Gasteiger partial charge in [0.25, 0.3) is 0 Å². The van der Waals surface area contributed by atoms with Gasteiger partial charge in [0.05, 0.1) is 7.05 Å². The number of nitrogens with zero attached hydrogens (tertiary/aromatic N) is 2. The number of nitrogens with one attached hydrogen (secondary N) is 1. The van der Waals surface area contributed by atoms with Crippen molar-refractivity contribution in [3.8, 4) is 0 Å². The molecule has 0 bridgehead atoms. The zero-order chi connectivity index (χ0) is 5.82. The summed E-state index contributed by atoms with van der Waals surface area (Å²) in [5.41, 5.74) is 2.93. The van der Waals surface area contributed by atoms with Gasteiger partial charge in [-0.15, -0.1) is 0 Å². The second-order valence-electron chi connectivity index (χ2n) is 2.06. The van der Waals surface area contributed by atoms with Crippen molar-refractivity contribution in [2.75, 3.05) is 7.05 Å². The van der Waals surface area contributed by atoms with Crippen molar-refractivity contribution in [3.05, 3.63) is 0 Å². The molecular weight excluding hydrogens is 102 g/mol. The molecule has 1 aliphatic rings. The second-order valence-corrected chi connectivity index (χ2v) is 2.06. The molecular formula is C5H11N3. The fraction of sp³-hybridized carbons (Fsp3) is 1.00. The predicted molar refractivity (Wildman–Crippen MR) is 31.6 cm³/mol. The molecule has 0 aromatic carbocycles. The van der Waals surface area contributed by atoms with E-state index < -0.39 is 0 Å². The lowest BCUT2D eigenvalue weighted by Crippen LogP contribution is -2.30. The summed E-state index contributed by atoms with van der Waals surface area (Å²) in [6, 6.07) is 0.624. The zero-order valence-corrected chi connectivity index (χ0v) is 5.09. The van der Waals surface area contributed by atoms with Gasteiger partial charge >= 0.3 is 0 Å². The summed E-state index contributed by atoms with van der Waals surface area (Å²) >= 11 is 0. The van der Waals surface area contributed by atoms with E-state index in [0.29, 0.717) is 6.04 Å². The molecule has 0 aromatic heterocycles. The highest BCUT2D eigenvalue weighted by Gasteiger charge is 2.15. The van der Waals surface area contributed by atoms with Crippen molar-refractivity contribution in [3.63, 3.8) is 0 Å². The van der Waals surface area contributed by atoms with Crippen molar-refractivity contribution in [1.82, 2.24) is 5.43 Å². The summed E-state index contributed by atoms with van der Waals surface area (Å²) in [6.07, 6.45) is 3.87. The number of rotatable bonds is 2. The first-order valence-corrected chi connectivity index (χ1v) is 2.98. The van der Waals surface area contributed by atoms with E-state index in [0.717, 1.165) is 0 Å². The molecule has 3 nitrogen and oxygen atoms in total. The van der Waals surface area contributed by atoms with Crippen LogP contribution in [0.2, 0.25) is 0 Å². The average molecular weight is 113 g/mol. The van der Waals surface area contributed by atoms with Crippen LogP contribution in [0.1, 0.15) is 19.3 Å². The van der Waals surface area contributed by atoms with Gasteiger partial charge in [0.1, 0.15) is 0 Å². The van der Waals surface area contributed by atoms with Gasteiger partial charge in [-0.3, -0.25) is 5.43 Å². The molecule has 0 amide bonds. The van der Waals surface area contributed by atoms with Gasteiger partial charge < -0.3 is 0 Å². The minimum atomic E-state index is 0.624. The van der Waals surface area contributed by atoms with E-state index in [-0.39, 0.29) is 0 Å². The van der Waals surface area contributed by atoms with Gasteiger partial charge in [-0.1, -0.05) is 5.22 Å². The van der Waals surface area contributed by atoms with Gasteiger partial charge in [0, 0.05) is 6.04 Å². The lowest BCUT2D eigenvalue weighted by molar-refractivity contribution is 0.339. The highest BCUT2D eigenvalue weighted by atomic mass is 15.4. The molecule has 0 radical (unpaired) electrons. The summed E-state index contributed by atoms with van der Waals surface area (Å²) < 4.78 is 0. The molecule has 0 heterocycles. The molecule has 0 aliphatic heterocycles. The molecule has 0 atom stereocenters. The molecule has 0 saturated heterocycles. The fourth-order valence-corrected chi connectivity index (χ4v) is 0.677. The van der Waals surface area contributed by atoms with Crippen LogP contribution in [0.25, 0.3) is 0 Å². The van der Waals surface area contributed by atoms with Crippen LogP contribution < -0.4 is 5.43 Å². The Balaban J connectivity index is 2.01. The van der Waals surface area contributed by atoms with Crippen LogP contribution in [0.5, 0.6) is 0 Å². The Hall–Kier alpha value is -0.600. The normalized spacial score (nSPS) is 21.1. The van der Waals surface area contributed by atoms with E-state index in [2.05, 4.69) is 15.8 Å². The average Bonchev–Trinajstić information content (AvgIpc) is 1.63. The summed E-state index contributed by atoms with van der Waals surface area (Å²) in [7, 11) is 1.67. The van der Waals surface area contributed by atoms with Crippen molar-refractivity contribution in [1.29, 1.82) is 0 Å². The Labute approximate surface area is 49.2 Å². The SMILES string of the molecule is CN=NNC1CCC1. The van der Waals surface area contributed by atoms with E-state index in [4.69, 9.17) is 0 Å². The van der Waals surface area contributed by atoms with Crippen LogP contribution in [0.4, 0.5) is 0 Å². The van der Waals surface area contributed by atoms with E-state index in [1.54, 1.807) is 7.05 Å². The molecule has 46 valence electrons. The number of hydrogen-bond donors (Lipinski definition) is 1. The highest BCUT2D eigenvalue weighted by Crippen LogP contribution is 2.17. The first-order chi connectivity index (χ1) is 3.93. The molecule has 1 saturated carbocycles. The molecule has 0 unspecified atom stereocenters. The maximum atomic E-state index is 3.67. The first-order valence-electron chi connectivity index (χ1n) is 2.98. The zero-order valence-electron chi connectivity index (χ0n) is 5.09. The standard InChI is InChI=1S/C5H11N3/c1-6-8-7-5-3-2-4-5/h5H,2-4H2,1H3,(H,6,7). The summed E-state index contributed by atoms with van der Waals surface area (Å²) in [4.78, 5) is 0. The lowest BCUT2D eigenvalue weighted by atomic mass is 9.94. The minimum absolute atomic E-state index is 0.624. The lowest BCUT2D eigenvalue weighted by Gasteiger charge is -2.23. The monoisotopic (exact) mass is 113 g/mol. The summed E-state index contributed by atoms with van der Waals surface area (Å²) in [5, 5.41) is 7.24. The Morgan fingerprint density at radius 3 is 2.62 bits per heavy atom. The maximum Gasteiger partial charge on any atom is 0.0509 e. The van der Waals surface area contributed by atoms with Gasteiger partial charge in [0.15, 0.2) is 0 Å². The quantitative estimate of drug-likeness (QED) is 0.423. The molecule has 8 heavy (non-hydrogen) atoms. The maximum absolute atomic E-state index is 3.67. The van der Waals surface area contributed by atoms with Crippen LogP contribution in [0.15, 0.2) is 10.3 Å². The number of hydrogen-bond acceptors (Lipinski definition) is 2. The molecule has 1 rings (SSSR count). The highest BCUT2D eigenvalue weighted by molar-refractivity contribution is 4.73. The van der Waals surface area contributed by atoms with Crippen LogP contribution in [0, 0.1) is 0 Å². The molecule has 1 aliphatic carbocycles.